The maximum Gasteiger partial charge on any atom is 0.305 e. The van der Waals surface area contributed by atoms with Gasteiger partial charge in [0, 0.05) is 25.9 Å². The van der Waals surface area contributed by atoms with Crippen molar-refractivity contribution in [1.82, 2.24) is 9.80 Å². The van der Waals surface area contributed by atoms with Crippen LogP contribution in [0.2, 0.25) is 0 Å². The lowest BCUT2D eigenvalue weighted by Crippen LogP contribution is -2.31. The van der Waals surface area contributed by atoms with Crippen LogP contribution in [0, 0.1) is 0 Å². The van der Waals surface area contributed by atoms with Gasteiger partial charge in [0.2, 0.25) is 5.91 Å². The number of carbonyl (C=O) groups is 2. The molecule has 0 aliphatic carbocycles. The summed E-state index contributed by atoms with van der Waals surface area (Å²) in [4.78, 5) is 27.9. The fourth-order valence-electron chi connectivity index (χ4n) is 2.93. The van der Waals surface area contributed by atoms with Crippen LogP contribution in [0.1, 0.15) is 79.1 Å². The lowest BCUT2D eigenvalue weighted by molar-refractivity contribution is -0.143. The first kappa shape index (κ1) is 23.9. The van der Waals surface area contributed by atoms with Crippen molar-refractivity contribution in [2.75, 3.05) is 39.3 Å². The first-order chi connectivity index (χ1) is 12.1. The van der Waals surface area contributed by atoms with Gasteiger partial charge in [-0.15, -0.1) is 0 Å². The van der Waals surface area contributed by atoms with E-state index in [1.807, 2.05) is 18.7 Å². The Morgan fingerprint density at radius 3 is 1.88 bits per heavy atom. The van der Waals surface area contributed by atoms with Crippen molar-refractivity contribution >= 4 is 11.9 Å². The van der Waals surface area contributed by atoms with E-state index in [-0.39, 0.29) is 11.9 Å². The Kier molecular flexibility index (Phi) is 15.7. The summed E-state index contributed by atoms with van der Waals surface area (Å²) >= 11 is 0. The fourth-order valence-corrected chi connectivity index (χ4v) is 2.93. The van der Waals surface area contributed by atoms with Crippen LogP contribution in [0.3, 0.4) is 0 Å². The molecule has 1 amide bonds. The highest BCUT2D eigenvalue weighted by Crippen LogP contribution is 2.08. The van der Waals surface area contributed by atoms with Crippen LogP contribution in [0.15, 0.2) is 0 Å². The van der Waals surface area contributed by atoms with Crippen LogP contribution < -0.4 is 0 Å². The largest absolute Gasteiger partial charge is 0.466 e. The van der Waals surface area contributed by atoms with E-state index in [1.165, 1.54) is 25.8 Å². The van der Waals surface area contributed by atoms with Crippen molar-refractivity contribution in [2.24, 2.45) is 0 Å². The van der Waals surface area contributed by atoms with Crippen molar-refractivity contribution in [3.8, 4) is 0 Å². The molecule has 0 aromatic carbocycles. The molecule has 0 aromatic rings. The molecule has 0 aliphatic heterocycles. The second kappa shape index (κ2) is 16.4. The molecular formula is C20H40N2O3. The molecule has 0 radical (unpaired) electrons. The molecule has 0 saturated heterocycles. The van der Waals surface area contributed by atoms with E-state index >= 15 is 0 Å². The van der Waals surface area contributed by atoms with Gasteiger partial charge in [-0.25, -0.2) is 0 Å². The number of esters is 1. The molecule has 0 fully saturated rings. The van der Waals surface area contributed by atoms with Crippen LogP contribution >= 0.6 is 0 Å². The van der Waals surface area contributed by atoms with E-state index in [0.717, 1.165) is 45.4 Å². The Morgan fingerprint density at radius 2 is 1.32 bits per heavy atom. The SMILES string of the molecule is CCOC(=O)CCCCC(=O)N(CC)CCCCCCN(CC)CC. The van der Waals surface area contributed by atoms with Crippen LogP contribution in [0.5, 0.6) is 0 Å². The Hall–Kier alpha value is -1.10. The molecule has 0 rings (SSSR count). The van der Waals surface area contributed by atoms with Gasteiger partial charge in [-0.2, -0.15) is 0 Å². The summed E-state index contributed by atoms with van der Waals surface area (Å²) in [6, 6.07) is 0. The van der Waals surface area contributed by atoms with Gasteiger partial charge in [0.1, 0.15) is 0 Å². The maximum atomic E-state index is 12.2. The normalized spacial score (nSPS) is 10.9. The zero-order chi connectivity index (χ0) is 18.9. The molecule has 5 heteroatoms. The van der Waals surface area contributed by atoms with Crippen LogP contribution in [-0.2, 0) is 14.3 Å². The van der Waals surface area contributed by atoms with Crippen molar-refractivity contribution in [3.63, 3.8) is 0 Å². The molecule has 0 N–H and O–H groups in total. The number of hydrogen-bond donors (Lipinski definition) is 0. The van der Waals surface area contributed by atoms with Crippen molar-refractivity contribution < 1.29 is 14.3 Å². The number of hydrogen-bond acceptors (Lipinski definition) is 4. The Balaban J connectivity index is 3.75. The topological polar surface area (TPSA) is 49.9 Å². The van der Waals surface area contributed by atoms with E-state index in [4.69, 9.17) is 4.74 Å². The standard InChI is InChI=1S/C20H40N2O3/c1-5-21(6-2)17-13-9-10-14-18-22(7-3)19(23)15-11-12-16-20(24)25-8-4/h5-18H2,1-4H3. The minimum absolute atomic E-state index is 0.160. The van der Waals surface area contributed by atoms with Crippen molar-refractivity contribution in [1.29, 1.82) is 0 Å². The van der Waals surface area contributed by atoms with Crippen LogP contribution in [-0.4, -0.2) is 61.0 Å². The molecule has 0 saturated carbocycles. The number of unbranched alkanes of at least 4 members (excludes halogenated alkanes) is 4. The molecule has 25 heavy (non-hydrogen) atoms. The van der Waals surface area contributed by atoms with E-state index in [1.54, 1.807) is 0 Å². The van der Waals surface area contributed by atoms with Gasteiger partial charge in [0.05, 0.1) is 6.61 Å². The number of nitrogens with zero attached hydrogens (tertiary/aromatic N) is 2. The zero-order valence-corrected chi connectivity index (χ0v) is 17.0. The van der Waals surface area contributed by atoms with Crippen molar-refractivity contribution in [2.45, 2.75) is 79.1 Å². The van der Waals surface area contributed by atoms with Gasteiger partial charge in [0.25, 0.3) is 0 Å². The van der Waals surface area contributed by atoms with Gasteiger partial charge < -0.3 is 14.5 Å². The molecule has 5 nitrogen and oxygen atoms in total. The third-order valence-electron chi connectivity index (χ3n) is 4.61. The van der Waals surface area contributed by atoms with E-state index in [2.05, 4.69) is 18.7 Å². The minimum atomic E-state index is -0.160. The summed E-state index contributed by atoms with van der Waals surface area (Å²) in [6.45, 7) is 13.8. The third kappa shape index (κ3) is 12.9. The minimum Gasteiger partial charge on any atom is -0.466 e. The summed E-state index contributed by atoms with van der Waals surface area (Å²) in [7, 11) is 0. The summed E-state index contributed by atoms with van der Waals surface area (Å²) in [5, 5.41) is 0. The maximum absolute atomic E-state index is 12.2. The van der Waals surface area contributed by atoms with E-state index in [0.29, 0.717) is 19.4 Å². The Bertz CT molecular complexity index is 344. The Labute approximate surface area is 155 Å². The van der Waals surface area contributed by atoms with E-state index in [9.17, 15) is 9.59 Å². The summed E-state index contributed by atoms with van der Waals surface area (Å²) in [6.07, 6.45) is 7.20. The average molecular weight is 357 g/mol. The van der Waals surface area contributed by atoms with Crippen LogP contribution in [0.4, 0.5) is 0 Å². The summed E-state index contributed by atoms with van der Waals surface area (Å²) < 4.78 is 4.89. The highest BCUT2D eigenvalue weighted by molar-refractivity contribution is 5.76. The molecular weight excluding hydrogens is 316 g/mol. The predicted molar refractivity (Wildman–Crippen MR) is 104 cm³/mol. The quantitative estimate of drug-likeness (QED) is 0.311. The molecule has 0 atom stereocenters. The zero-order valence-electron chi connectivity index (χ0n) is 17.0. The van der Waals surface area contributed by atoms with E-state index < -0.39 is 0 Å². The highest BCUT2D eigenvalue weighted by Gasteiger charge is 2.11. The second-order valence-corrected chi connectivity index (χ2v) is 6.43. The second-order valence-electron chi connectivity index (χ2n) is 6.43. The molecule has 0 aromatic heterocycles. The number of carbonyl (C=O) groups excluding carboxylic acids is 2. The monoisotopic (exact) mass is 356 g/mol. The number of ether oxygens (including phenoxy) is 1. The first-order valence-electron chi connectivity index (χ1n) is 10.2. The van der Waals surface area contributed by atoms with Gasteiger partial charge in [-0.05, 0) is 59.2 Å². The smallest absolute Gasteiger partial charge is 0.305 e. The first-order valence-corrected chi connectivity index (χ1v) is 10.2. The third-order valence-corrected chi connectivity index (χ3v) is 4.61. The Morgan fingerprint density at radius 1 is 0.720 bits per heavy atom. The lowest BCUT2D eigenvalue weighted by Gasteiger charge is -2.21. The highest BCUT2D eigenvalue weighted by atomic mass is 16.5. The van der Waals surface area contributed by atoms with Gasteiger partial charge >= 0.3 is 5.97 Å². The lowest BCUT2D eigenvalue weighted by atomic mass is 10.1. The number of amides is 1. The predicted octanol–water partition coefficient (Wildman–Crippen LogP) is 3.86. The molecule has 148 valence electrons. The van der Waals surface area contributed by atoms with Crippen LogP contribution in [0.25, 0.3) is 0 Å². The molecule has 0 aliphatic rings. The fraction of sp³-hybridized carbons (Fsp3) is 0.900. The number of rotatable bonds is 16. The van der Waals surface area contributed by atoms with Gasteiger partial charge in [0.15, 0.2) is 0 Å². The van der Waals surface area contributed by atoms with Gasteiger partial charge in [-0.3, -0.25) is 9.59 Å². The molecule has 0 bridgehead atoms. The van der Waals surface area contributed by atoms with Gasteiger partial charge in [-0.1, -0.05) is 26.7 Å². The van der Waals surface area contributed by atoms with Crippen molar-refractivity contribution in [3.05, 3.63) is 0 Å². The average Bonchev–Trinajstić information content (AvgIpc) is 2.61. The molecule has 0 spiro atoms. The summed E-state index contributed by atoms with van der Waals surface area (Å²) in [5.41, 5.74) is 0. The summed E-state index contributed by atoms with van der Waals surface area (Å²) in [5.74, 6) is 0.0570. The molecule has 0 heterocycles. The molecule has 0 unspecified atom stereocenters.